The Hall–Kier alpha value is -1.87. The van der Waals surface area contributed by atoms with E-state index in [0.29, 0.717) is 6.61 Å². The maximum Gasteiger partial charge on any atom is 0.119 e. The lowest BCUT2D eigenvalue weighted by Crippen LogP contribution is -2.28. The summed E-state index contributed by atoms with van der Waals surface area (Å²) in [6.07, 6.45) is 4.85. The molecule has 2 rings (SSSR count). The fourth-order valence-electron chi connectivity index (χ4n) is 2.11. The van der Waals surface area contributed by atoms with E-state index in [9.17, 15) is 0 Å². The molecule has 3 heteroatoms. The molecular formula is C17H22N2O. The van der Waals surface area contributed by atoms with Gasteiger partial charge >= 0.3 is 0 Å². The first-order valence-corrected chi connectivity index (χ1v) is 7.13. The highest BCUT2D eigenvalue weighted by atomic mass is 16.5. The van der Waals surface area contributed by atoms with Crippen LogP contribution in [0.15, 0.2) is 48.8 Å². The number of pyridine rings is 1. The molecule has 1 heterocycles. The number of ether oxygens (including phenoxy) is 1. The first-order chi connectivity index (χ1) is 9.81. The average molecular weight is 270 g/mol. The third-order valence-electron chi connectivity index (χ3n) is 3.26. The van der Waals surface area contributed by atoms with Crippen LogP contribution in [-0.4, -0.2) is 18.1 Å². The summed E-state index contributed by atoms with van der Waals surface area (Å²) in [5.74, 6) is 0.900. The minimum absolute atomic E-state index is 0.170. The summed E-state index contributed by atoms with van der Waals surface area (Å²) in [5.41, 5.74) is 2.45. The summed E-state index contributed by atoms with van der Waals surface area (Å²) in [6, 6.07) is 12.1. The molecule has 1 unspecified atom stereocenters. The van der Waals surface area contributed by atoms with Gasteiger partial charge in [-0.1, -0.05) is 25.1 Å². The number of benzene rings is 1. The van der Waals surface area contributed by atoms with Crippen molar-refractivity contribution < 1.29 is 4.74 Å². The molecule has 1 atom stereocenters. The summed E-state index contributed by atoms with van der Waals surface area (Å²) in [6.45, 7) is 5.85. The molecule has 0 saturated heterocycles. The summed E-state index contributed by atoms with van der Waals surface area (Å²) in [4.78, 5) is 4.23. The van der Waals surface area contributed by atoms with Crippen LogP contribution in [0.4, 0.5) is 0 Å². The van der Waals surface area contributed by atoms with Crippen molar-refractivity contribution in [2.45, 2.75) is 26.3 Å². The van der Waals surface area contributed by atoms with Gasteiger partial charge in [0.05, 0.1) is 6.04 Å². The van der Waals surface area contributed by atoms with Crippen LogP contribution in [0, 0.1) is 6.92 Å². The fraction of sp³-hybridized carbons (Fsp3) is 0.353. The Morgan fingerprint density at radius 2 is 2.00 bits per heavy atom. The SMILES string of the molecule is CCCNC(COc1ccccc1)c1cnccc1C. The zero-order valence-electron chi connectivity index (χ0n) is 12.2. The second kappa shape index (κ2) is 7.65. The van der Waals surface area contributed by atoms with Crippen LogP contribution in [0.5, 0.6) is 5.75 Å². The molecule has 1 aromatic carbocycles. The molecule has 3 nitrogen and oxygen atoms in total. The molecule has 106 valence electrons. The summed E-state index contributed by atoms with van der Waals surface area (Å²) in [5, 5.41) is 3.53. The van der Waals surface area contributed by atoms with Gasteiger partial charge in [0.25, 0.3) is 0 Å². The van der Waals surface area contributed by atoms with E-state index in [1.54, 1.807) is 0 Å². The van der Waals surface area contributed by atoms with Gasteiger partial charge in [0.2, 0.25) is 0 Å². The van der Waals surface area contributed by atoms with Gasteiger partial charge in [-0.2, -0.15) is 0 Å². The molecule has 0 aliphatic heterocycles. The van der Waals surface area contributed by atoms with Crippen LogP contribution in [0.2, 0.25) is 0 Å². The Kier molecular flexibility index (Phi) is 5.56. The van der Waals surface area contributed by atoms with E-state index >= 15 is 0 Å². The van der Waals surface area contributed by atoms with Crippen LogP contribution in [0.25, 0.3) is 0 Å². The Morgan fingerprint density at radius 3 is 2.70 bits per heavy atom. The lowest BCUT2D eigenvalue weighted by Gasteiger charge is -2.21. The predicted octanol–water partition coefficient (Wildman–Crippen LogP) is 3.51. The van der Waals surface area contributed by atoms with Crippen molar-refractivity contribution in [3.8, 4) is 5.75 Å². The van der Waals surface area contributed by atoms with Crippen molar-refractivity contribution >= 4 is 0 Å². The average Bonchev–Trinajstić information content (AvgIpc) is 2.49. The maximum absolute atomic E-state index is 5.88. The summed E-state index contributed by atoms with van der Waals surface area (Å²) < 4.78 is 5.88. The number of nitrogens with one attached hydrogen (secondary N) is 1. The Morgan fingerprint density at radius 1 is 1.20 bits per heavy atom. The maximum atomic E-state index is 5.88. The molecule has 0 saturated carbocycles. The highest BCUT2D eigenvalue weighted by molar-refractivity contribution is 5.26. The summed E-state index contributed by atoms with van der Waals surface area (Å²) >= 11 is 0. The normalized spacial score (nSPS) is 12.1. The second-order valence-electron chi connectivity index (χ2n) is 4.86. The summed E-state index contributed by atoms with van der Waals surface area (Å²) in [7, 11) is 0. The lowest BCUT2D eigenvalue weighted by molar-refractivity contribution is 0.266. The molecular weight excluding hydrogens is 248 g/mol. The van der Waals surface area contributed by atoms with E-state index in [-0.39, 0.29) is 6.04 Å². The lowest BCUT2D eigenvalue weighted by atomic mass is 10.0. The minimum atomic E-state index is 0.170. The van der Waals surface area contributed by atoms with E-state index in [0.717, 1.165) is 18.7 Å². The zero-order valence-corrected chi connectivity index (χ0v) is 12.2. The van der Waals surface area contributed by atoms with Gasteiger partial charge in [0.15, 0.2) is 0 Å². The minimum Gasteiger partial charge on any atom is -0.492 e. The zero-order chi connectivity index (χ0) is 14.2. The Balaban J connectivity index is 2.06. The number of hydrogen-bond donors (Lipinski definition) is 1. The van der Waals surface area contributed by atoms with Crippen molar-refractivity contribution in [3.05, 3.63) is 59.9 Å². The van der Waals surface area contributed by atoms with Crippen LogP contribution in [0.3, 0.4) is 0 Å². The van der Waals surface area contributed by atoms with Crippen molar-refractivity contribution in [3.63, 3.8) is 0 Å². The Bertz CT molecular complexity index is 513. The van der Waals surface area contributed by atoms with Crippen molar-refractivity contribution in [1.29, 1.82) is 0 Å². The van der Waals surface area contributed by atoms with E-state index < -0.39 is 0 Å². The van der Waals surface area contributed by atoms with E-state index in [4.69, 9.17) is 4.74 Å². The molecule has 0 aliphatic carbocycles. The molecule has 0 radical (unpaired) electrons. The van der Waals surface area contributed by atoms with Gasteiger partial charge in [-0.3, -0.25) is 4.98 Å². The van der Waals surface area contributed by atoms with Crippen LogP contribution in [0.1, 0.15) is 30.5 Å². The molecule has 0 spiro atoms. The van der Waals surface area contributed by atoms with Gasteiger partial charge in [0.1, 0.15) is 12.4 Å². The van der Waals surface area contributed by atoms with Crippen LogP contribution < -0.4 is 10.1 Å². The highest BCUT2D eigenvalue weighted by Gasteiger charge is 2.14. The number of para-hydroxylation sites is 1. The molecule has 0 bridgehead atoms. The highest BCUT2D eigenvalue weighted by Crippen LogP contribution is 2.18. The first-order valence-electron chi connectivity index (χ1n) is 7.13. The van der Waals surface area contributed by atoms with E-state index in [2.05, 4.69) is 24.1 Å². The van der Waals surface area contributed by atoms with Crippen LogP contribution in [-0.2, 0) is 0 Å². The van der Waals surface area contributed by atoms with Crippen molar-refractivity contribution in [2.24, 2.45) is 0 Å². The molecule has 1 N–H and O–H groups in total. The van der Waals surface area contributed by atoms with Gasteiger partial charge in [-0.25, -0.2) is 0 Å². The van der Waals surface area contributed by atoms with Crippen molar-refractivity contribution in [1.82, 2.24) is 10.3 Å². The third-order valence-corrected chi connectivity index (χ3v) is 3.26. The molecule has 1 aromatic heterocycles. The predicted molar refractivity (Wildman–Crippen MR) is 81.9 cm³/mol. The van der Waals surface area contributed by atoms with Gasteiger partial charge in [0, 0.05) is 12.4 Å². The fourth-order valence-corrected chi connectivity index (χ4v) is 2.11. The standard InChI is InChI=1S/C17H22N2O/c1-3-10-19-17(16-12-18-11-9-14(16)2)13-20-15-7-5-4-6-8-15/h4-9,11-12,17,19H,3,10,13H2,1-2H3. The number of rotatable bonds is 7. The monoisotopic (exact) mass is 270 g/mol. The van der Waals surface area contributed by atoms with Crippen molar-refractivity contribution in [2.75, 3.05) is 13.2 Å². The third kappa shape index (κ3) is 4.07. The van der Waals surface area contributed by atoms with Gasteiger partial charge in [-0.15, -0.1) is 0 Å². The van der Waals surface area contributed by atoms with Crippen LogP contribution >= 0.6 is 0 Å². The number of aryl methyl sites for hydroxylation is 1. The van der Waals surface area contributed by atoms with E-state index in [1.165, 1.54) is 11.1 Å². The number of aromatic nitrogens is 1. The molecule has 0 aliphatic rings. The van der Waals surface area contributed by atoms with E-state index in [1.807, 2.05) is 48.8 Å². The molecule has 2 aromatic rings. The van der Waals surface area contributed by atoms with Gasteiger partial charge in [-0.05, 0) is 49.2 Å². The molecule has 0 fully saturated rings. The molecule has 0 amide bonds. The first kappa shape index (κ1) is 14.5. The second-order valence-corrected chi connectivity index (χ2v) is 4.86. The quantitative estimate of drug-likeness (QED) is 0.836. The van der Waals surface area contributed by atoms with Gasteiger partial charge < -0.3 is 10.1 Å². The smallest absolute Gasteiger partial charge is 0.119 e. The largest absolute Gasteiger partial charge is 0.492 e. The number of nitrogens with zero attached hydrogens (tertiary/aromatic N) is 1. The Labute approximate surface area is 121 Å². The molecule has 20 heavy (non-hydrogen) atoms. The topological polar surface area (TPSA) is 34.1 Å². The number of hydrogen-bond acceptors (Lipinski definition) is 3.